The number of fused-ring (bicyclic) bond motifs is 4. The van der Waals surface area contributed by atoms with Gasteiger partial charge in [0.25, 0.3) is 11.2 Å². The number of ether oxygens (including phenoxy) is 5. The van der Waals surface area contributed by atoms with Crippen molar-refractivity contribution < 1.29 is 73.2 Å². The zero-order valence-electron chi connectivity index (χ0n) is 26.9. The number of ketones is 2. The van der Waals surface area contributed by atoms with E-state index in [9.17, 15) is 49.5 Å². The fourth-order valence-electron chi connectivity index (χ4n) is 7.39. The molecule has 15 heteroatoms. The highest BCUT2D eigenvalue weighted by Gasteiger charge is 2.65. The molecule has 2 heterocycles. The van der Waals surface area contributed by atoms with Gasteiger partial charge in [0.05, 0.1) is 25.4 Å². The lowest BCUT2D eigenvalue weighted by Gasteiger charge is -2.46. The zero-order chi connectivity index (χ0) is 35.9. The number of aliphatic hydroxyl groups is 3. The van der Waals surface area contributed by atoms with E-state index in [1.165, 1.54) is 26.0 Å². The lowest BCUT2D eigenvalue weighted by atomic mass is 9.69. The van der Waals surface area contributed by atoms with Crippen LogP contribution in [-0.2, 0) is 38.2 Å². The van der Waals surface area contributed by atoms with E-state index in [0.29, 0.717) is 0 Å². The number of esters is 3. The number of carbonyl (C=O) groups excluding carboxylic acids is 5. The average Bonchev–Trinajstić information content (AvgIpc) is 3.04. The SMILES string of the molecule is COC(=O)[C@]12Oc3cc(C)c(-c4ccc(O)c5c4O[C@@]4(C(=O)OC)C(=C5O)C(=O)C[C@@H](C)[C@H]4OC(C)=O)c(O)c3C(O)=C1C(=O)CC[C@H]2O. The van der Waals surface area contributed by atoms with E-state index in [4.69, 9.17) is 23.7 Å². The Morgan fingerprint density at radius 2 is 1.49 bits per heavy atom. The molecule has 2 aliphatic carbocycles. The zero-order valence-corrected chi connectivity index (χ0v) is 26.9. The second-order valence-corrected chi connectivity index (χ2v) is 12.3. The minimum Gasteiger partial charge on any atom is -0.507 e. The highest BCUT2D eigenvalue weighted by molar-refractivity contribution is 6.14. The molecule has 0 spiro atoms. The molecule has 2 fully saturated rings. The van der Waals surface area contributed by atoms with Crippen molar-refractivity contribution in [3.8, 4) is 34.1 Å². The summed E-state index contributed by atoms with van der Waals surface area (Å²) in [6, 6.07) is 3.67. The molecular formula is C34H32O15. The third kappa shape index (κ3) is 4.34. The number of phenols is 2. The maximum absolute atomic E-state index is 13.7. The average molecular weight is 681 g/mol. The summed E-state index contributed by atoms with van der Waals surface area (Å²) in [5, 5.41) is 56.9. The third-order valence-corrected chi connectivity index (χ3v) is 9.46. The highest BCUT2D eigenvalue weighted by Crippen LogP contribution is 2.57. The van der Waals surface area contributed by atoms with Crippen molar-refractivity contribution in [2.45, 2.75) is 63.4 Å². The van der Waals surface area contributed by atoms with Crippen LogP contribution in [0.1, 0.15) is 49.8 Å². The smallest absolute Gasteiger partial charge is 0.359 e. The van der Waals surface area contributed by atoms with Crippen molar-refractivity contribution >= 4 is 41.0 Å². The number of Topliss-reactive ketones (excluding diaryl/α,β-unsaturated/α-hetero) is 2. The van der Waals surface area contributed by atoms with Gasteiger partial charge in [0, 0.05) is 36.8 Å². The summed E-state index contributed by atoms with van der Waals surface area (Å²) in [6.45, 7) is 4.09. The molecular weight excluding hydrogens is 648 g/mol. The molecule has 2 saturated carbocycles. The third-order valence-electron chi connectivity index (χ3n) is 9.46. The first-order valence-electron chi connectivity index (χ1n) is 15.2. The Morgan fingerprint density at radius 1 is 0.878 bits per heavy atom. The first-order chi connectivity index (χ1) is 23.1. The summed E-state index contributed by atoms with van der Waals surface area (Å²) >= 11 is 0. The molecule has 4 aliphatic rings. The van der Waals surface area contributed by atoms with Crippen LogP contribution in [0.2, 0.25) is 0 Å². The number of aryl methyl sites for hydroxylation is 1. The maximum atomic E-state index is 13.7. The number of methoxy groups -OCH3 is 2. The topological polar surface area (TPSA) is 233 Å². The van der Waals surface area contributed by atoms with Gasteiger partial charge in [0.15, 0.2) is 17.7 Å². The van der Waals surface area contributed by atoms with Crippen molar-refractivity contribution in [2.75, 3.05) is 14.2 Å². The van der Waals surface area contributed by atoms with Gasteiger partial charge in [0.2, 0.25) is 0 Å². The number of aromatic hydroxyl groups is 2. The highest BCUT2D eigenvalue weighted by atomic mass is 16.6. The largest absolute Gasteiger partial charge is 0.507 e. The molecule has 2 aliphatic heterocycles. The van der Waals surface area contributed by atoms with Gasteiger partial charge in [-0.05, 0) is 37.1 Å². The molecule has 0 aromatic heterocycles. The molecule has 5 atom stereocenters. The van der Waals surface area contributed by atoms with E-state index in [2.05, 4.69) is 0 Å². The minimum atomic E-state index is -2.56. The van der Waals surface area contributed by atoms with Crippen molar-refractivity contribution in [1.82, 2.24) is 0 Å². The Kier molecular flexibility index (Phi) is 7.66. The van der Waals surface area contributed by atoms with Gasteiger partial charge >= 0.3 is 17.9 Å². The number of rotatable bonds is 4. The molecule has 5 N–H and O–H groups in total. The van der Waals surface area contributed by atoms with Gasteiger partial charge < -0.3 is 49.2 Å². The van der Waals surface area contributed by atoms with Crippen molar-refractivity contribution in [2.24, 2.45) is 5.92 Å². The molecule has 2 aromatic rings. The Bertz CT molecular complexity index is 1950. The second kappa shape index (κ2) is 11.3. The van der Waals surface area contributed by atoms with Crippen LogP contribution in [0.5, 0.6) is 23.0 Å². The predicted octanol–water partition coefficient (Wildman–Crippen LogP) is 2.48. The summed E-state index contributed by atoms with van der Waals surface area (Å²) in [6.07, 6.45) is -3.83. The summed E-state index contributed by atoms with van der Waals surface area (Å²) in [5.41, 5.74) is -7.19. The second-order valence-electron chi connectivity index (χ2n) is 12.3. The number of carbonyl (C=O) groups is 5. The fraction of sp³-hybridized carbons (Fsp3) is 0.382. The molecule has 0 bridgehead atoms. The molecule has 0 amide bonds. The van der Waals surface area contributed by atoms with Crippen LogP contribution in [0.3, 0.4) is 0 Å². The van der Waals surface area contributed by atoms with E-state index in [-0.39, 0.29) is 41.7 Å². The molecule has 0 radical (unpaired) electrons. The van der Waals surface area contributed by atoms with Crippen LogP contribution in [-0.4, -0.2) is 92.6 Å². The van der Waals surface area contributed by atoms with Gasteiger partial charge in [-0.2, -0.15) is 0 Å². The number of aliphatic hydroxyl groups excluding tert-OH is 3. The molecule has 49 heavy (non-hydrogen) atoms. The Morgan fingerprint density at radius 3 is 2.12 bits per heavy atom. The number of benzene rings is 2. The van der Waals surface area contributed by atoms with Crippen molar-refractivity contribution in [3.63, 3.8) is 0 Å². The molecule has 0 saturated heterocycles. The first kappa shape index (κ1) is 33.3. The molecule has 258 valence electrons. The van der Waals surface area contributed by atoms with Gasteiger partial charge in [0.1, 0.15) is 51.7 Å². The monoisotopic (exact) mass is 680 g/mol. The summed E-state index contributed by atoms with van der Waals surface area (Å²) < 4.78 is 27.7. The van der Waals surface area contributed by atoms with Crippen LogP contribution in [0, 0.1) is 12.8 Å². The normalized spacial score (nSPS) is 27.1. The lowest BCUT2D eigenvalue weighted by Crippen LogP contribution is -2.65. The van der Waals surface area contributed by atoms with Gasteiger partial charge in [-0.3, -0.25) is 14.4 Å². The molecule has 2 aromatic carbocycles. The van der Waals surface area contributed by atoms with Crippen molar-refractivity contribution in [1.29, 1.82) is 0 Å². The lowest BCUT2D eigenvalue weighted by molar-refractivity contribution is -0.185. The van der Waals surface area contributed by atoms with Crippen LogP contribution >= 0.6 is 0 Å². The quantitative estimate of drug-likeness (QED) is 0.231. The van der Waals surface area contributed by atoms with Crippen LogP contribution in [0.4, 0.5) is 0 Å². The van der Waals surface area contributed by atoms with E-state index in [0.717, 1.165) is 27.2 Å². The number of phenolic OH excluding ortho intramolecular Hbond substituents is 2. The summed E-state index contributed by atoms with van der Waals surface area (Å²) in [7, 11) is 2.01. The summed E-state index contributed by atoms with van der Waals surface area (Å²) in [5.74, 6) is -9.34. The predicted molar refractivity (Wildman–Crippen MR) is 164 cm³/mol. The molecule has 0 unspecified atom stereocenters. The molecule has 6 rings (SSSR count). The number of hydrogen-bond acceptors (Lipinski definition) is 15. The minimum absolute atomic E-state index is 0.107. The van der Waals surface area contributed by atoms with Gasteiger partial charge in [-0.25, -0.2) is 9.59 Å². The van der Waals surface area contributed by atoms with Gasteiger partial charge in [-0.1, -0.05) is 6.92 Å². The molecule has 15 nitrogen and oxygen atoms in total. The van der Waals surface area contributed by atoms with Crippen LogP contribution in [0.25, 0.3) is 22.6 Å². The number of hydrogen-bond donors (Lipinski definition) is 5. The maximum Gasteiger partial charge on any atom is 0.359 e. The van der Waals surface area contributed by atoms with Gasteiger partial charge in [-0.15, -0.1) is 0 Å². The Hall–Kier alpha value is -5.57. The first-order valence-corrected chi connectivity index (χ1v) is 15.2. The van der Waals surface area contributed by atoms with Crippen LogP contribution in [0.15, 0.2) is 29.3 Å². The Balaban J connectivity index is 1.65. The van der Waals surface area contributed by atoms with E-state index >= 15 is 0 Å². The van der Waals surface area contributed by atoms with E-state index in [1.807, 2.05) is 0 Å². The standard InChI is InChI=1S/C34H32O15/c1-12-11-19-23(28(42)24-17(37)8-9-20(39)33(24,48-19)31(43)45-4)26(40)21(12)15-6-7-16(36)22-27(41)25-18(38)10-13(2)30(47-14(3)35)34(25,32(44)46-5)49-29(15)22/h6-7,11,13,20,30,36,39-42H,8-10H2,1-5H3/t13-,20-,30-,33-,34+/m1/s1. The van der Waals surface area contributed by atoms with E-state index in [1.54, 1.807) is 0 Å². The van der Waals surface area contributed by atoms with Crippen molar-refractivity contribution in [3.05, 3.63) is 46.0 Å². The summed E-state index contributed by atoms with van der Waals surface area (Å²) in [4.78, 5) is 65.6. The fourth-order valence-corrected chi connectivity index (χ4v) is 7.39. The van der Waals surface area contributed by atoms with Crippen LogP contribution < -0.4 is 9.47 Å². The van der Waals surface area contributed by atoms with E-state index < -0.39 is 110 Å². The Labute approximate surface area is 277 Å².